The van der Waals surface area contributed by atoms with Gasteiger partial charge >= 0.3 is 0 Å². The molecule has 2 aromatic carbocycles. The summed E-state index contributed by atoms with van der Waals surface area (Å²) in [6.45, 7) is 2.58. The molecular formula is C18H17F2NO2S. The Morgan fingerprint density at radius 3 is 2.62 bits per heavy atom. The Hall–Kier alpha value is -2.08. The molecule has 1 atom stereocenters. The molecule has 2 aromatic rings. The van der Waals surface area contributed by atoms with Gasteiger partial charge in [0.2, 0.25) is 5.91 Å². The summed E-state index contributed by atoms with van der Waals surface area (Å²) in [4.78, 5) is 13.9. The van der Waals surface area contributed by atoms with Gasteiger partial charge in [-0.25, -0.2) is 8.78 Å². The Bertz CT molecular complexity index is 733. The van der Waals surface area contributed by atoms with E-state index < -0.39 is 11.6 Å². The maximum absolute atomic E-state index is 13.4. The van der Waals surface area contributed by atoms with Crippen LogP contribution in [-0.4, -0.2) is 23.2 Å². The molecule has 24 heavy (non-hydrogen) atoms. The lowest BCUT2D eigenvalue weighted by Crippen LogP contribution is -2.28. The van der Waals surface area contributed by atoms with E-state index in [0.717, 1.165) is 17.4 Å². The van der Waals surface area contributed by atoms with Crippen molar-refractivity contribution in [2.45, 2.75) is 18.8 Å². The number of hydrogen-bond acceptors (Lipinski definition) is 3. The van der Waals surface area contributed by atoms with Crippen LogP contribution in [0.25, 0.3) is 0 Å². The van der Waals surface area contributed by atoms with Crippen molar-refractivity contribution < 1.29 is 18.3 Å². The zero-order valence-electron chi connectivity index (χ0n) is 13.2. The minimum atomic E-state index is -0.643. The maximum Gasteiger partial charge on any atom is 0.234 e. The second kappa shape index (κ2) is 7.21. The van der Waals surface area contributed by atoms with E-state index in [1.165, 1.54) is 23.9 Å². The SMILES string of the molecule is CCOc1ccccc1C1SCC(=O)N1Cc1cc(F)cc(F)c1. The number of rotatable bonds is 5. The number of para-hydroxylation sites is 1. The third-order valence-electron chi connectivity index (χ3n) is 3.73. The van der Waals surface area contributed by atoms with Crippen molar-refractivity contribution in [2.24, 2.45) is 0 Å². The fraction of sp³-hybridized carbons (Fsp3) is 0.278. The lowest BCUT2D eigenvalue weighted by Gasteiger charge is -2.26. The highest BCUT2D eigenvalue weighted by Gasteiger charge is 2.34. The summed E-state index contributed by atoms with van der Waals surface area (Å²) in [5, 5.41) is -0.230. The van der Waals surface area contributed by atoms with Crippen LogP contribution < -0.4 is 4.74 Å². The highest BCUT2D eigenvalue weighted by atomic mass is 32.2. The number of carbonyl (C=O) groups is 1. The van der Waals surface area contributed by atoms with Crippen LogP contribution in [-0.2, 0) is 11.3 Å². The predicted molar refractivity (Wildman–Crippen MR) is 89.7 cm³/mol. The Labute approximate surface area is 143 Å². The summed E-state index contributed by atoms with van der Waals surface area (Å²) < 4.78 is 32.5. The molecule has 3 nitrogen and oxygen atoms in total. The fourth-order valence-electron chi connectivity index (χ4n) is 2.75. The summed E-state index contributed by atoms with van der Waals surface area (Å²) in [5.41, 5.74) is 1.33. The highest BCUT2D eigenvalue weighted by Crippen LogP contribution is 2.43. The average Bonchev–Trinajstić information content (AvgIpc) is 2.88. The molecule has 1 aliphatic heterocycles. The molecule has 126 valence electrons. The molecular weight excluding hydrogens is 332 g/mol. The number of hydrogen-bond donors (Lipinski definition) is 0. The summed E-state index contributed by atoms with van der Waals surface area (Å²) in [6.07, 6.45) is 0. The van der Waals surface area contributed by atoms with Gasteiger partial charge in [-0.2, -0.15) is 0 Å². The van der Waals surface area contributed by atoms with Crippen LogP contribution in [0.15, 0.2) is 42.5 Å². The van der Waals surface area contributed by atoms with E-state index in [4.69, 9.17) is 4.74 Å². The number of benzene rings is 2. The summed E-state index contributed by atoms with van der Waals surface area (Å²) >= 11 is 1.49. The molecule has 1 unspecified atom stereocenters. The van der Waals surface area contributed by atoms with Gasteiger partial charge in [0.25, 0.3) is 0 Å². The van der Waals surface area contributed by atoms with Gasteiger partial charge in [-0.3, -0.25) is 4.79 Å². The zero-order valence-corrected chi connectivity index (χ0v) is 14.0. The highest BCUT2D eigenvalue weighted by molar-refractivity contribution is 8.00. The molecule has 1 fully saturated rings. The molecule has 1 aliphatic rings. The van der Waals surface area contributed by atoms with E-state index in [9.17, 15) is 13.6 Å². The van der Waals surface area contributed by atoms with Crippen molar-refractivity contribution >= 4 is 17.7 Å². The number of nitrogens with zero attached hydrogens (tertiary/aromatic N) is 1. The van der Waals surface area contributed by atoms with Gasteiger partial charge in [-0.05, 0) is 30.7 Å². The smallest absolute Gasteiger partial charge is 0.234 e. The first-order valence-corrected chi connectivity index (χ1v) is 8.71. The Morgan fingerprint density at radius 2 is 1.92 bits per heavy atom. The summed E-state index contributed by atoms with van der Waals surface area (Å²) in [6, 6.07) is 10.9. The molecule has 1 amide bonds. The van der Waals surface area contributed by atoms with Crippen LogP contribution in [0.3, 0.4) is 0 Å². The van der Waals surface area contributed by atoms with Crippen LogP contribution in [0, 0.1) is 11.6 Å². The summed E-state index contributed by atoms with van der Waals surface area (Å²) in [5.74, 6) is -0.280. The van der Waals surface area contributed by atoms with Crippen LogP contribution >= 0.6 is 11.8 Å². The van der Waals surface area contributed by atoms with E-state index in [1.807, 2.05) is 31.2 Å². The Kier molecular flexibility index (Phi) is 5.04. The van der Waals surface area contributed by atoms with Gasteiger partial charge in [0.05, 0.1) is 12.4 Å². The van der Waals surface area contributed by atoms with Crippen LogP contribution in [0.2, 0.25) is 0 Å². The molecule has 0 bridgehead atoms. The molecule has 0 spiro atoms. The number of carbonyl (C=O) groups excluding carboxylic acids is 1. The molecule has 0 aromatic heterocycles. The van der Waals surface area contributed by atoms with Gasteiger partial charge in [-0.1, -0.05) is 18.2 Å². The summed E-state index contributed by atoms with van der Waals surface area (Å²) in [7, 11) is 0. The minimum absolute atomic E-state index is 0.0547. The topological polar surface area (TPSA) is 29.5 Å². The van der Waals surface area contributed by atoms with Crippen LogP contribution in [0.5, 0.6) is 5.75 Å². The number of amides is 1. The molecule has 0 radical (unpaired) electrons. The van der Waals surface area contributed by atoms with Crippen molar-refractivity contribution in [3.05, 3.63) is 65.2 Å². The Balaban J connectivity index is 1.90. The van der Waals surface area contributed by atoms with E-state index in [-0.39, 0.29) is 17.8 Å². The number of thioether (sulfide) groups is 1. The fourth-order valence-corrected chi connectivity index (χ4v) is 3.97. The normalized spacial score (nSPS) is 17.4. The molecule has 6 heteroatoms. The third-order valence-corrected chi connectivity index (χ3v) is 4.97. The standard InChI is InChI=1S/C18H17F2NO2S/c1-2-23-16-6-4-3-5-15(16)18-21(17(22)11-24-18)10-12-7-13(19)9-14(20)8-12/h3-9,18H,2,10-11H2,1H3. The van der Waals surface area contributed by atoms with Crippen molar-refractivity contribution in [3.8, 4) is 5.75 Å². The third kappa shape index (κ3) is 3.53. The first kappa shape index (κ1) is 16.8. The van der Waals surface area contributed by atoms with Crippen molar-refractivity contribution in [1.82, 2.24) is 4.90 Å². The van der Waals surface area contributed by atoms with Gasteiger partial charge in [0, 0.05) is 18.2 Å². The van der Waals surface area contributed by atoms with Gasteiger partial charge in [0.1, 0.15) is 22.8 Å². The molecule has 0 saturated carbocycles. The predicted octanol–water partition coefficient (Wildman–Crippen LogP) is 4.14. The van der Waals surface area contributed by atoms with Crippen molar-refractivity contribution in [1.29, 1.82) is 0 Å². The number of ether oxygens (including phenoxy) is 1. The lowest BCUT2D eigenvalue weighted by molar-refractivity contribution is -0.128. The van der Waals surface area contributed by atoms with E-state index in [0.29, 0.717) is 17.9 Å². The molecule has 1 heterocycles. The largest absolute Gasteiger partial charge is 0.493 e. The molecule has 0 N–H and O–H groups in total. The minimum Gasteiger partial charge on any atom is -0.493 e. The molecule has 3 rings (SSSR count). The molecule has 1 saturated heterocycles. The maximum atomic E-state index is 13.4. The van der Waals surface area contributed by atoms with Crippen molar-refractivity contribution in [3.63, 3.8) is 0 Å². The lowest BCUT2D eigenvalue weighted by atomic mass is 10.1. The Morgan fingerprint density at radius 1 is 1.21 bits per heavy atom. The van der Waals surface area contributed by atoms with Gasteiger partial charge < -0.3 is 9.64 Å². The van der Waals surface area contributed by atoms with Crippen molar-refractivity contribution in [2.75, 3.05) is 12.4 Å². The monoisotopic (exact) mass is 349 g/mol. The second-order valence-corrected chi connectivity index (χ2v) is 6.50. The van der Waals surface area contributed by atoms with Crippen LogP contribution in [0.1, 0.15) is 23.4 Å². The van der Waals surface area contributed by atoms with Crippen LogP contribution in [0.4, 0.5) is 8.78 Å². The van der Waals surface area contributed by atoms with E-state index >= 15 is 0 Å². The zero-order chi connectivity index (χ0) is 17.1. The van der Waals surface area contributed by atoms with Gasteiger partial charge in [-0.15, -0.1) is 11.8 Å². The first-order chi connectivity index (χ1) is 11.6. The quantitative estimate of drug-likeness (QED) is 0.813. The van der Waals surface area contributed by atoms with E-state index in [1.54, 1.807) is 4.90 Å². The average molecular weight is 349 g/mol. The number of halogens is 2. The van der Waals surface area contributed by atoms with E-state index in [2.05, 4.69) is 0 Å². The molecule has 0 aliphatic carbocycles. The second-order valence-electron chi connectivity index (χ2n) is 5.43. The first-order valence-electron chi connectivity index (χ1n) is 7.66. The van der Waals surface area contributed by atoms with Gasteiger partial charge in [0.15, 0.2) is 0 Å².